The highest BCUT2D eigenvalue weighted by Gasteiger charge is 2.11. The standard InChI is InChI=1S/C20H27O2P.ClH/c1-13(2)17-9-7-15(5)11-19(17)21-23-22-20-12-16(6)8-10-18(20)14(3)4;/h7-14,23H,1-6H3;1H. The van der Waals surface area contributed by atoms with E-state index in [0.717, 1.165) is 11.5 Å². The first-order chi connectivity index (χ1) is 10.9. The van der Waals surface area contributed by atoms with Crippen molar-refractivity contribution in [2.45, 2.75) is 53.4 Å². The van der Waals surface area contributed by atoms with E-state index in [9.17, 15) is 0 Å². The van der Waals surface area contributed by atoms with Crippen molar-refractivity contribution in [3.63, 3.8) is 0 Å². The van der Waals surface area contributed by atoms with Crippen LogP contribution in [-0.2, 0) is 0 Å². The van der Waals surface area contributed by atoms with E-state index in [2.05, 4.69) is 77.9 Å². The van der Waals surface area contributed by atoms with Crippen LogP contribution in [0, 0.1) is 13.8 Å². The molecule has 0 radical (unpaired) electrons. The van der Waals surface area contributed by atoms with Gasteiger partial charge in [0.1, 0.15) is 11.5 Å². The molecule has 0 heterocycles. The third-order valence-corrected chi connectivity index (χ3v) is 4.49. The quantitative estimate of drug-likeness (QED) is 0.515. The second kappa shape index (κ2) is 9.30. The van der Waals surface area contributed by atoms with E-state index in [0.29, 0.717) is 11.8 Å². The monoisotopic (exact) mass is 366 g/mol. The smallest absolute Gasteiger partial charge is 0.275 e. The van der Waals surface area contributed by atoms with Crippen LogP contribution in [0.4, 0.5) is 0 Å². The van der Waals surface area contributed by atoms with Crippen LogP contribution in [0.15, 0.2) is 36.4 Å². The van der Waals surface area contributed by atoms with Gasteiger partial charge < -0.3 is 9.05 Å². The topological polar surface area (TPSA) is 18.5 Å². The molecule has 0 unspecified atom stereocenters. The molecular formula is C20H28ClO2P. The van der Waals surface area contributed by atoms with Crippen LogP contribution in [0.1, 0.15) is 61.8 Å². The maximum Gasteiger partial charge on any atom is 0.275 e. The average molecular weight is 367 g/mol. The first kappa shape index (κ1) is 20.8. The Kier molecular flexibility index (Phi) is 8.06. The zero-order valence-electron chi connectivity index (χ0n) is 15.3. The van der Waals surface area contributed by atoms with Crippen LogP contribution in [0.25, 0.3) is 0 Å². The zero-order valence-corrected chi connectivity index (χ0v) is 17.2. The molecule has 2 nitrogen and oxygen atoms in total. The Morgan fingerprint density at radius 1 is 0.708 bits per heavy atom. The number of hydrogen-bond donors (Lipinski definition) is 0. The van der Waals surface area contributed by atoms with Crippen LogP contribution in [0.3, 0.4) is 0 Å². The lowest BCUT2D eigenvalue weighted by molar-refractivity contribution is 0.503. The second-order valence-corrected chi connectivity index (χ2v) is 7.25. The van der Waals surface area contributed by atoms with Crippen LogP contribution < -0.4 is 9.05 Å². The van der Waals surface area contributed by atoms with E-state index in [1.807, 2.05) is 0 Å². The van der Waals surface area contributed by atoms with Gasteiger partial charge in [0.15, 0.2) is 0 Å². The summed E-state index contributed by atoms with van der Waals surface area (Å²) < 4.78 is 11.9. The Bertz CT molecular complexity index is 611. The summed E-state index contributed by atoms with van der Waals surface area (Å²) in [6.45, 7) is 12.9. The summed E-state index contributed by atoms with van der Waals surface area (Å²) in [5.41, 5.74) is 4.85. The minimum atomic E-state index is -0.0420. The molecule has 0 N–H and O–H groups in total. The Morgan fingerprint density at radius 3 is 1.42 bits per heavy atom. The number of halogens is 1. The molecule has 0 amide bonds. The second-order valence-electron chi connectivity index (χ2n) is 6.68. The fourth-order valence-corrected chi connectivity index (χ4v) is 3.10. The summed E-state index contributed by atoms with van der Waals surface area (Å²) in [6.07, 6.45) is 0. The van der Waals surface area contributed by atoms with E-state index < -0.39 is 0 Å². The molecule has 0 aliphatic rings. The highest BCUT2D eigenvalue weighted by atomic mass is 35.5. The van der Waals surface area contributed by atoms with Gasteiger partial charge in [-0.05, 0) is 60.1 Å². The molecule has 0 aliphatic heterocycles. The van der Waals surface area contributed by atoms with Crippen molar-refractivity contribution in [2.75, 3.05) is 0 Å². The van der Waals surface area contributed by atoms with Crippen LogP contribution >= 0.6 is 21.4 Å². The summed E-state index contributed by atoms with van der Waals surface area (Å²) in [6, 6.07) is 12.7. The highest BCUT2D eigenvalue weighted by Crippen LogP contribution is 2.35. The van der Waals surface area contributed by atoms with Gasteiger partial charge in [0, 0.05) is 0 Å². The lowest BCUT2D eigenvalue weighted by atomic mass is 10.0. The Balaban J connectivity index is 0.00000288. The molecule has 2 aromatic carbocycles. The van der Waals surface area contributed by atoms with Crippen molar-refractivity contribution in [3.05, 3.63) is 58.7 Å². The Hall–Kier alpha value is -1.24. The first-order valence-corrected chi connectivity index (χ1v) is 9.00. The molecule has 0 saturated heterocycles. The van der Waals surface area contributed by atoms with Crippen molar-refractivity contribution in [1.82, 2.24) is 0 Å². The van der Waals surface area contributed by atoms with Gasteiger partial charge in [-0.25, -0.2) is 0 Å². The largest absolute Gasteiger partial charge is 0.440 e. The van der Waals surface area contributed by atoms with Gasteiger partial charge in [-0.1, -0.05) is 52.0 Å². The number of aryl methyl sites for hydroxylation is 2. The Labute approximate surface area is 154 Å². The van der Waals surface area contributed by atoms with E-state index in [1.54, 1.807) is 0 Å². The van der Waals surface area contributed by atoms with Crippen LogP contribution in [0.5, 0.6) is 11.5 Å². The molecule has 2 rings (SSSR count). The molecule has 4 heteroatoms. The molecule has 2 aromatic rings. The van der Waals surface area contributed by atoms with E-state index >= 15 is 0 Å². The molecule has 0 spiro atoms. The summed E-state index contributed by atoms with van der Waals surface area (Å²) in [4.78, 5) is 0. The molecule has 0 atom stereocenters. The van der Waals surface area contributed by atoms with Crippen molar-refractivity contribution >= 4 is 21.4 Å². The fourth-order valence-electron chi connectivity index (χ4n) is 2.52. The minimum Gasteiger partial charge on any atom is -0.440 e. The summed E-state index contributed by atoms with van der Waals surface area (Å²) in [5, 5.41) is 0. The molecule has 132 valence electrons. The van der Waals surface area contributed by atoms with Crippen LogP contribution in [0.2, 0.25) is 0 Å². The molecule has 0 aliphatic carbocycles. The maximum atomic E-state index is 5.96. The number of hydrogen-bond acceptors (Lipinski definition) is 2. The average Bonchev–Trinajstić information content (AvgIpc) is 2.46. The highest BCUT2D eigenvalue weighted by molar-refractivity contribution is 7.27. The SMILES string of the molecule is Cc1ccc(C(C)C)c(OPOc2cc(C)ccc2C(C)C)c1.Cl. The lowest BCUT2D eigenvalue weighted by Crippen LogP contribution is -1.96. The van der Waals surface area contributed by atoms with Gasteiger partial charge in [-0.3, -0.25) is 0 Å². The van der Waals surface area contributed by atoms with Crippen molar-refractivity contribution in [1.29, 1.82) is 0 Å². The van der Waals surface area contributed by atoms with Crippen molar-refractivity contribution in [2.24, 2.45) is 0 Å². The predicted octanol–water partition coefficient (Wildman–Crippen LogP) is 6.94. The molecule has 0 bridgehead atoms. The van der Waals surface area contributed by atoms with E-state index in [-0.39, 0.29) is 21.4 Å². The predicted molar refractivity (Wildman–Crippen MR) is 107 cm³/mol. The summed E-state index contributed by atoms with van der Waals surface area (Å²) in [5.74, 6) is 2.72. The van der Waals surface area contributed by atoms with Gasteiger partial charge in [0.05, 0.1) is 0 Å². The normalized spacial score (nSPS) is 10.7. The molecule has 0 fully saturated rings. The third-order valence-electron chi connectivity index (χ3n) is 3.89. The first-order valence-electron chi connectivity index (χ1n) is 8.18. The minimum absolute atomic E-state index is 0. The number of rotatable bonds is 6. The van der Waals surface area contributed by atoms with Gasteiger partial charge in [0.25, 0.3) is 9.03 Å². The van der Waals surface area contributed by atoms with Gasteiger partial charge in [0.2, 0.25) is 0 Å². The lowest BCUT2D eigenvalue weighted by Gasteiger charge is -2.17. The summed E-state index contributed by atoms with van der Waals surface area (Å²) in [7, 11) is -0.0420. The molecule has 0 saturated carbocycles. The molecular weight excluding hydrogens is 339 g/mol. The third kappa shape index (κ3) is 5.40. The molecule has 0 aromatic heterocycles. The summed E-state index contributed by atoms with van der Waals surface area (Å²) >= 11 is 0. The van der Waals surface area contributed by atoms with E-state index in [1.165, 1.54) is 22.3 Å². The van der Waals surface area contributed by atoms with Crippen molar-refractivity contribution in [3.8, 4) is 11.5 Å². The maximum absolute atomic E-state index is 5.96. The Morgan fingerprint density at radius 2 is 1.08 bits per heavy atom. The number of benzene rings is 2. The van der Waals surface area contributed by atoms with Crippen LogP contribution in [-0.4, -0.2) is 0 Å². The van der Waals surface area contributed by atoms with Crippen molar-refractivity contribution < 1.29 is 9.05 Å². The van der Waals surface area contributed by atoms with Gasteiger partial charge in [-0.15, -0.1) is 12.4 Å². The van der Waals surface area contributed by atoms with E-state index in [4.69, 9.17) is 9.05 Å². The zero-order chi connectivity index (χ0) is 17.0. The fraction of sp³-hybridized carbons (Fsp3) is 0.400. The van der Waals surface area contributed by atoms with Gasteiger partial charge in [-0.2, -0.15) is 0 Å². The van der Waals surface area contributed by atoms with Gasteiger partial charge >= 0.3 is 0 Å². The molecule has 24 heavy (non-hydrogen) atoms.